The fourth-order valence-electron chi connectivity index (χ4n) is 1.60. The molecule has 0 spiro atoms. The third-order valence-electron chi connectivity index (χ3n) is 2.76. The summed E-state index contributed by atoms with van der Waals surface area (Å²) in [6.07, 6.45) is 0. The number of rotatable bonds is 6. The second-order valence-corrected chi connectivity index (χ2v) is 5.65. The normalized spacial score (nSPS) is 13.1. The lowest BCUT2D eigenvalue weighted by molar-refractivity contribution is 0.309. The first-order valence-corrected chi connectivity index (χ1v) is 7.06. The van der Waals surface area contributed by atoms with Gasteiger partial charge in [0.25, 0.3) is 0 Å². The van der Waals surface area contributed by atoms with Crippen LogP contribution >= 0.6 is 27.5 Å². The lowest BCUT2D eigenvalue weighted by Gasteiger charge is -2.20. The van der Waals surface area contributed by atoms with Gasteiger partial charge in [0.1, 0.15) is 0 Å². The zero-order valence-corrected chi connectivity index (χ0v) is 13.0. The van der Waals surface area contributed by atoms with Crippen LogP contribution in [0.15, 0.2) is 22.7 Å². The Morgan fingerprint density at radius 3 is 2.76 bits per heavy atom. The van der Waals surface area contributed by atoms with Crippen LogP contribution < -0.4 is 5.32 Å². The van der Waals surface area contributed by atoms with Crippen LogP contribution in [0, 0.1) is 0 Å². The van der Waals surface area contributed by atoms with Gasteiger partial charge in [-0.3, -0.25) is 0 Å². The molecule has 4 heteroatoms. The van der Waals surface area contributed by atoms with Crippen molar-refractivity contribution in [3.63, 3.8) is 0 Å². The number of likely N-dealkylation sites (N-methyl/N-ethyl adjacent to an activating group) is 1. The van der Waals surface area contributed by atoms with Crippen LogP contribution in [-0.4, -0.2) is 31.1 Å². The van der Waals surface area contributed by atoms with Gasteiger partial charge in [-0.1, -0.05) is 24.6 Å². The van der Waals surface area contributed by atoms with Crippen LogP contribution in [0.4, 0.5) is 0 Å². The van der Waals surface area contributed by atoms with E-state index in [9.17, 15) is 0 Å². The summed E-state index contributed by atoms with van der Waals surface area (Å²) in [6.45, 7) is 7.36. The summed E-state index contributed by atoms with van der Waals surface area (Å²) in [7, 11) is 2.13. The zero-order chi connectivity index (χ0) is 12.8. The third-order valence-corrected chi connectivity index (χ3v) is 4.00. The van der Waals surface area contributed by atoms with Gasteiger partial charge in [0, 0.05) is 23.6 Å². The Labute approximate surface area is 117 Å². The SMILES string of the molecule is CCN(C)CC(C)NCc1ccc(Br)c(Cl)c1. The van der Waals surface area contributed by atoms with Gasteiger partial charge in [0.2, 0.25) is 0 Å². The maximum absolute atomic E-state index is 6.05. The van der Waals surface area contributed by atoms with E-state index in [1.165, 1.54) is 5.56 Å². The maximum atomic E-state index is 6.05. The average molecular weight is 320 g/mol. The summed E-state index contributed by atoms with van der Waals surface area (Å²) in [6, 6.07) is 6.54. The first kappa shape index (κ1) is 15.0. The molecular weight excluding hydrogens is 300 g/mol. The van der Waals surface area contributed by atoms with Crippen molar-refractivity contribution in [2.45, 2.75) is 26.4 Å². The molecule has 1 atom stereocenters. The average Bonchev–Trinajstić information content (AvgIpc) is 2.30. The molecule has 2 nitrogen and oxygen atoms in total. The Morgan fingerprint density at radius 2 is 2.18 bits per heavy atom. The predicted molar refractivity (Wildman–Crippen MR) is 78.6 cm³/mol. The predicted octanol–water partition coefficient (Wildman–Crippen LogP) is 3.53. The molecule has 1 unspecified atom stereocenters. The van der Waals surface area contributed by atoms with E-state index < -0.39 is 0 Å². The highest BCUT2D eigenvalue weighted by atomic mass is 79.9. The van der Waals surface area contributed by atoms with Crippen molar-refractivity contribution in [2.24, 2.45) is 0 Å². The number of halogens is 2. The highest BCUT2D eigenvalue weighted by Crippen LogP contribution is 2.23. The quantitative estimate of drug-likeness (QED) is 0.863. The molecule has 96 valence electrons. The van der Waals surface area contributed by atoms with E-state index in [1.807, 2.05) is 12.1 Å². The lowest BCUT2D eigenvalue weighted by atomic mass is 10.2. The fraction of sp³-hybridized carbons (Fsp3) is 0.538. The third kappa shape index (κ3) is 5.38. The summed E-state index contributed by atoms with van der Waals surface area (Å²) in [4.78, 5) is 2.30. The van der Waals surface area contributed by atoms with Gasteiger partial charge < -0.3 is 10.2 Å². The van der Waals surface area contributed by atoms with Crippen LogP contribution in [-0.2, 0) is 6.54 Å². The van der Waals surface area contributed by atoms with Crippen molar-refractivity contribution in [3.05, 3.63) is 33.3 Å². The minimum Gasteiger partial charge on any atom is -0.309 e. The zero-order valence-electron chi connectivity index (χ0n) is 10.6. The molecule has 0 aliphatic heterocycles. The second-order valence-electron chi connectivity index (χ2n) is 4.39. The molecule has 0 fully saturated rings. The second kappa shape index (κ2) is 7.37. The molecule has 0 bridgehead atoms. The van der Waals surface area contributed by atoms with Crippen LogP contribution in [0.25, 0.3) is 0 Å². The minimum absolute atomic E-state index is 0.474. The van der Waals surface area contributed by atoms with E-state index in [0.29, 0.717) is 6.04 Å². The number of nitrogens with zero attached hydrogens (tertiary/aromatic N) is 1. The van der Waals surface area contributed by atoms with Gasteiger partial charge in [-0.05, 0) is 54.1 Å². The lowest BCUT2D eigenvalue weighted by Crippen LogP contribution is -2.36. The monoisotopic (exact) mass is 318 g/mol. The van der Waals surface area contributed by atoms with Gasteiger partial charge in [-0.15, -0.1) is 0 Å². The van der Waals surface area contributed by atoms with Crippen LogP contribution in [0.2, 0.25) is 5.02 Å². The molecule has 1 aromatic rings. The van der Waals surface area contributed by atoms with Crippen molar-refractivity contribution >= 4 is 27.5 Å². The van der Waals surface area contributed by atoms with Gasteiger partial charge in [0.15, 0.2) is 0 Å². The van der Waals surface area contributed by atoms with E-state index in [-0.39, 0.29) is 0 Å². The standard InChI is InChI=1S/C13H20BrClN2/c1-4-17(3)9-10(2)16-8-11-5-6-12(14)13(15)7-11/h5-7,10,16H,4,8-9H2,1-3H3. The van der Waals surface area contributed by atoms with Gasteiger partial charge in [-0.2, -0.15) is 0 Å². The molecule has 0 aliphatic carbocycles. The van der Waals surface area contributed by atoms with Gasteiger partial charge >= 0.3 is 0 Å². The molecule has 0 radical (unpaired) electrons. The highest BCUT2D eigenvalue weighted by molar-refractivity contribution is 9.10. The molecule has 0 amide bonds. The smallest absolute Gasteiger partial charge is 0.0551 e. The Bertz CT molecular complexity index is 357. The molecule has 0 aromatic heterocycles. The summed E-state index contributed by atoms with van der Waals surface area (Å²) >= 11 is 9.45. The maximum Gasteiger partial charge on any atom is 0.0551 e. The van der Waals surface area contributed by atoms with Crippen LogP contribution in [0.1, 0.15) is 19.4 Å². The summed E-state index contributed by atoms with van der Waals surface area (Å²) in [5.74, 6) is 0. The fourth-order valence-corrected chi connectivity index (χ4v) is 2.05. The highest BCUT2D eigenvalue weighted by Gasteiger charge is 2.05. The van der Waals surface area contributed by atoms with Crippen LogP contribution in [0.5, 0.6) is 0 Å². The Balaban J connectivity index is 2.42. The van der Waals surface area contributed by atoms with Crippen molar-refractivity contribution in [2.75, 3.05) is 20.1 Å². The van der Waals surface area contributed by atoms with E-state index in [1.54, 1.807) is 0 Å². The van der Waals surface area contributed by atoms with Crippen molar-refractivity contribution in [1.82, 2.24) is 10.2 Å². The van der Waals surface area contributed by atoms with E-state index in [2.05, 4.69) is 53.1 Å². The molecule has 0 aliphatic rings. The van der Waals surface area contributed by atoms with E-state index in [0.717, 1.165) is 29.1 Å². The molecule has 0 saturated carbocycles. The number of nitrogens with one attached hydrogen (secondary N) is 1. The largest absolute Gasteiger partial charge is 0.309 e. The molecule has 1 rings (SSSR count). The number of hydrogen-bond donors (Lipinski definition) is 1. The minimum atomic E-state index is 0.474. The molecule has 1 N–H and O–H groups in total. The van der Waals surface area contributed by atoms with Crippen molar-refractivity contribution < 1.29 is 0 Å². The molecule has 17 heavy (non-hydrogen) atoms. The molecule has 0 saturated heterocycles. The first-order valence-electron chi connectivity index (χ1n) is 5.88. The Hall–Kier alpha value is -0.0900. The van der Waals surface area contributed by atoms with Crippen LogP contribution in [0.3, 0.4) is 0 Å². The first-order chi connectivity index (χ1) is 8.02. The van der Waals surface area contributed by atoms with Gasteiger partial charge in [0.05, 0.1) is 5.02 Å². The molecular formula is C13H20BrClN2. The topological polar surface area (TPSA) is 15.3 Å². The Kier molecular flexibility index (Phi) is 6.49. The van der Waals surface area contributed by atoms with Crippen molar-refractivity contribution in [3.8, 4) is 0 Å². The summed E-state index contributed by atoms with van der Waals surface area (Å²) in [5, 5.41) is 4.26. The van der Waals surface area contributed by atoms with E-state index >= 15 is 0 Å². The number of benzene rings is 1. The number of hydrogen-bond acceptors (Lipinski definition) is 2. The molecule has 1 aromatic carbocycles. The Morgan fingerprint density at radius 1 is 1.47 bits per heavy atom. The van der Waals surface area contributed by atoms with Gasteiger partial charge in [-0.25, -0.2) is 0 Å². The van der Waals surface area contributed by atoms with E-state index in [4.69, 9.17) is 11.6 Å². The summed E-state index contributed by atoms with van der Waals surface area (Å²) < 4.78 is 0.946. The van der Waals surface area contributed by atoms with Crippen molar-refractivity contribution in [1.29, 1.82) is 0 Å². The summed E-state index contributed by atoms with van der Waals surface area (Å²) in [5.41, 5.74) is 1.21. The molecule has 0 heterocycles.